The van der Waals surface area contributed by atoms with Crippen molar-refractivity contribution in [3.8, 4) is 5.88 Å². The van der Waals surface area contributed by atoms with Crippen molar-refractivity contribution in [2.45, 2.75) is 13.0 Å². The number of carbonyl (C=O) groups excluding carboxylic acids is 1. The molecule has 0 aliphatic carbocycles. The molecule has 0 aliphatic heterocycles. The minimum Gasteiger partial charge on any atom is -0.493 e. The molecule has 0 saturated heterocycles. The van der Waals surface area contributed by atoms with E-state index in [9.17, 15) is 14.7 Å². The van der Waals surface area contributed by atoms with Gasteiger partial charge < -0.3 is 10.2 Å². The van der Waals surface area contributed by atoms with Gasteiger partial charge in [-0.2, -0.15) is 5.10 Å². The first kappa shape index (κ1) is 13.0. The molecular formula is C9H14N4O4. The molecule has 0 fully saturated rings. The normalized spacial score (nSPS) is 12.5. The van der Waals surface area contributed by atoms with Gasteiger partial charge in [-0.3, -0.25) is 15.0 Å². The molecule has 1 aromatic rings. The first-order valence-corrected chi connectivity index (χ1v) is 4.82. The van der Waals surface area contributed by atoms with Crippen LogP contribution in [0.4, 0.5) is 0 Å². The number of aromatic nitrogens is 2. The Balaban J connectivity index is 2.73. The van der Waals surface area contributed by atoms with Gasteiger partial charge in [0, 0.05) is 14.1 Å². The Morgan fingerprint density at radius 1 is 1.59 bits per heavy atom. The quantitative estimate of drug-likeness (QED) is 0.595. The predicted octanol–water partition coefficient (Wildman–Crippen LogP) is -0.825. The van der Waals surface area contributed by atoms with E-state index in [4.69, 9.17) is 5.11 Å². The fourth-order valence-corrected chi connectivity index (χ4v) is 1.07. The van der Waals surface area contributed by atoms with Crippen molar-refractivity contribution in [1.29, 1.82) is 0 Å². The van der Waals surface area contributed by atoms with Crippen molar-refractivity contribution in [2.75, 3.05) is 7.05 Å². The molecule has 1 heterocycles. The number of likely N-dealkylation sites (N-methyl/N-ethyl adjacent to an activating group) is 1. The predicted molar refractivity (Wildman–Crippen MR) is 57.2 cm³/mol. The summed E-state index contributed by atoms with van der Waals surface area (Å²) in [5.74, 6) is -1.96. The van der Waals surface area contributed by atoms with Crippen LogP contribution in [0, 0.1) is 0 Å². The molecule has 1 unspecified atom stereocenters. The number of carboxylic acids is 1. The SMILES string of the molecule is CC(C(=O)O)N(C)NC(=O)c1cnn(C)c1O. The molecule has 0 aliphatic rings. The third-order valence-corrected chi connectivity index (χ3v) is 2.37. The third-order valence-electron chi connectivity index (χ3n) is 2.37. The zero-order valence-electron chi connectivity index (χ0n) is 9.71. The van der Waals surface area contributed by atoms with Gasteiger partial charge in [0.1, 0.15) is 11.6 Å². The molecule has 1 aromatic heterocycles. The summed E-state index contributed by atoms with van der Waals surface area (Å²) >= 11 is 0. The molecular weight excluding hydrogens is 228 g/mol. The number of amides is 1. The molecule has 0 saturated carbocycles. The lowest BCUT2D eigenvalue weighted by Gasteiger charge is -2.21. The smallest absolute Gasteiger partial charge is 0.322 e. The van der Waals surface area contributed by atoms with E-state index >= 15 is 0 Å². The maximum Gasteiger partial charge on any atom is 0.322 e. The monoisotopic (exact) mass is 242 g/mol. The highest BCUT2D eigenvalue weighted by atomic mass is 16.4. The lowest BCUT2D eigenvalue weighted by molar-refractivity contribution is -0.142. The maximum atomic E-state index is 11.7. The molecule has 8 nitrogen and oxygen atoms in total. The topological polar surface area (TPSA) is 108 Å². The van der Waals surface area contributed by atoms with Crippen LogP contribution in [0.25, 0.3) is 0 Å². The van der Waals surface area contributed by atoms with Gasteiger partial charge in [-0.05, 0) is 6.92 Å². The zero-order chi connectivity index (χ0) is 13.2. The highest BCUT2D eigenvalue weighted by molar-refractivity contribution is 5.95. The number of aromatic hydroxyl groups is 1. The number of hydrogen-bond donors (Lipinski definition) is 3. The van der Waals surface area contributed by atoms with E-state index in [1.54, 1.807) is 0 Å². The van der Waals surface area contributed by atoms with Crippen LogP contribution < -0.4 is 5.43 Å². The maximum absolute atomic E-state index is 11.7. The summed E-state index contributed by atoms with van der Waals surface area (Å²) in [6, 6.07) is -0.877. The van der Waals surface area contributed by atoms with Gasteiger partial charge in [0.25, 0.3) is 5.91 Å². The summed E-state index contributed by atoms with van der Waals surface area (Å²) in [5, 5.41) is 23.0. The van der Waals surface area contributed by atoms with Crippen molar-refractivity contribution in [3.63, 3.8) is 0 Å². The molecule has 0 radical (unpaired) electrons. The van der Waals surface area contributed by atoms with E-state index in [2.05, 4.69) is 10.5 Å². The van der Waals surface area contributed by atoms with Crippen molar-refractivity contribution >= 4 is 11.9 Å². The van der Waals surface area contributed by atoms with Crippen LogP contribution in [-0.2, 0) is 11.8 Å². The van der Waals surface area contributed by atoms with E-state index in [0.29, 0.717) is 0 Å². The number of carboxylic acid groups (broad SMARTS) is 1. The molecule has 0 bridgehead atoms. The molecule has 17 heavy (non-hydrogen) atoms. The third kappa shape index (κ3) is 2.72. The van der Waals surface area contributed by atoms with Crippen LogP contribution in [0.15, 0.2) is 6.20 Å². The number of nitrogens with one attached hydrogen (secondary N) is 1. The zero-order valence-corrected chi connectivity index (χ0v) is 9.71. The number of nitrogens with zero attached hydrogens (tertiary/aromatic N) is 3. The molecule has 1 amide bonds. The minimum atomic E-state index is -1.07. The Morgan fingerprint density at radius 3 is 2.59 bits per heavy atom. The molecule has 3 N–H and O–H groups in total. The van der Waals surface area contributed by atoms with Crippen LogP contribution in [0.2, 0.25) is 0 Å². The lowest BCUT2D eigenvalue weighted by atomic mass is 10.3. The van der Waals surface area contributed by atoms with Crippen molar-refractivity contribution in [3.05, 3.63) is 11.8 Å². The number of aliphatic carboxylic acids is 1. The molecule has 1 atom stereocenters. The second-order valence-corrected chi connectivity index (χ2v) is 3.57. The summed E-state index contributed by atoms with van der Waals surface area (Å²) in [7, 11) is 2.90. The second-order valence-electron chi connectivity index (χ2n) is 3.57. The van der Waals surface area contributed by atoms with Crippen LogP contribution >= 0.6 is 0 Å². The van der Waals surface area contributed by atoms with E-state index in [1.165, 1.54) is 27.2 Å². The van der Waals surface area contributed by atoms with Gasteiger partial charge in [0.2, 0.25) is 5.88 Å². The average Bonchev–Trinajstić information content (AvgIpc) is 2.58. The van der Waals surface area contributed by atoms with Crippen LogP contribution in [0.1, 0.15) is 17.3 Å². The lowest BCUT2D eigenvalue weighted by Crippen LogP contribution is -2.47. The summed E-state index contributed by atoms with van der Waals surface area (Å²) in [5.41, 5.74) is 2.31. The standard InChI is InChI=1S/C9H14N4O4/c1-5(9(16)17)12(2)11-7(14)6-4-10-13(3)8(6)15/h4-5,15H,1-3H3,(H,11,14)(H,16,17). The van der Waals surface area contributed by atoms with Crippen LogP contribution in [-0.4, -0.2) is 50.0 Å². The highest BCUT2D eigenvalue weighted by Gasteiger charge is 2.21. The summed E-state index contributed by atoms with van der Waals surface area (Å²) in [6.07, 6.45) is 1.20. The van der Waals surface area contributed by atoms with E-state index in [1.807, 2.05) is 0 Å². The van der Waals surface area contributed by atoms with Gasteiger partial charge in [-0.25, -0.2) is 9.69 Å². The summed E-state index contributed by atoms with van der Waals surface area (Å²) < 4.78 is 1.13. The Kier molecular flexibility index (Phi) is 3.69. The summed E-state index contributed by atoms with van der Waals surface area (Å²) in [4.78, 5) is 22.3. The highest BCUT2D eigenvalue weighted by Crippen LogP contribution is 2.14. The van der Waals surface area contributed by atoms with Crippen LogP contribution in [0.5, 0.6) is 5.88 Å². The van der Waals surface area contributed by atoms with E-state index in [-0.39, 0.29) is 11.4 Å². The number of carbonyl (C=O) groups is 2. The van der Waals surface area contributed by atoms with Crippen molar-refractivity contribution in [1.82, 2.24) is 20.2 Å². The molecule has 8 heteroatoms. The Bertz CT molecular complexity index is 442. The Labute approximate surface area is 97.4 Å². The van der Waals surface area contributed by atoms with Crippen molar-refractivity contribution < 1.29 is 19.8 Å². The van der Waals surface area contributed by atoms with Gasteiger partial charge in [-0.15, -0.1) is 0 Å². The number of hydrogen-bond acceptors (Lipinski definition) is 5. The Morgan fingerprint density at radius 2 is 2.18 bits per heavy atom. The molecule has 0 aromatic carbocycles. The largest absolute Gasteiger partial charge is 0.493 e. The number of hydrazine groups is 1. The summed E-state index contributed by atoms with van der Waals surface area (Å²) in [6.45, 7) is 1.42. The van der Waals surface area contributed by atoms with Gasteiger partial charge in [0.05, 0.1) is 6.20 Å². The van der Waals surface area contributed by atoms with E-state index < -0.39 is 17.9 Å². The molecule has 1 rings (SSSR count). The second kappa shape index (κ2) is 4.83. The first-order valence-electron chi connectivity index (χ1n) is 4.82. The first-order chi connectivity index (χ1) is 7.84. The molecule has 0 spiro atoms. The van der Waals surface area contributed by atoms with Gasteiger partial charge in [-0.1, -0.05) is 0 Å². The van der Waals surface area contributed by atoms with Crippen molar-refractivity contribution in [2.24, 2.45) is 7.05 Å². The van der Waals surface area contributed by atoms with Crippen LogP contribution in [0.3, 0.4) is 0 Å². The van der Waals surface area contributed by atoms with E-state index in [0.717, 1.165) is 9.69 Å². The van der Waals surface area contributed by atoms with Gasteiger partial charge >= 0.3 is 5.97 Å². The number of aryl methyl sites for hydroxylation is 1. The van der Waals surface area contributed by atoms with Gasteiger partial charge in [0.15, 0.2) is 0 Å². The Hall–Kier alpha value is -2.09. The average molecular weight is 242 g/mol. The molecule has 94 valence electrons. The number of rotatable bonds is 4. The minimum absolute atomic E-state index is 0.0167. The fraction of sp³-hybridized carbons (Fsp3) is 0.444. The fourth-order valence-electron chi connectivity index (χ4n) is 1.07.